The molecule has 3 nitrogen and oxygen atoms in total. The first-order valence-electron chi connectivity index (χ1n) is 4.71. The van der Waals surface area contributed by atoms with Crippen molar-refractivity contribution in [2.24, 2.45) is 7.05 Å². The van der Waals surface area contributed by atoms with Gasteiger partial charge in [-0.25, -0.2) is 0 Å². The van der Waals surface area contributed by atoms with Crippen molar-refractivity contribution in [2.75, 3.05) is 5.73 Å². The monoisotopic (exact) mass is 255 g/mol. The number of rotatable bonds is 3. The highest BCUT2D eigenvalue weighted by atomic mass is 35.5. The molecule has 0 saturated heterocycles. The lowest BCUT2D eigenvalue weighted by atomic mass is 10.2. The maximum absolute atomic E-state index is 5.80. The second-order valence-electron chi connectivity index (χ2n) is 3.30. The predicted molar refractivity (Wildman–Crippen MR) is 70.9 cm³/mol. The molecule has 0 aliphatic rings. The van der Waals surface area contributed by atoms with Crippen LogP contribution in [0.2, 0.25) is 0 Å². The third kappa shape index (κ3) is 2.93. The van der Waals surface area contributed by atoms with E-state index in [0.717, 1.165) is 16.5 Å². The summed E-state index contributed by atoms with van der Waals surface area (Å²) >= 11 is 1.71. The summed E-state index contributed by atoms with van der Waals surface area (Å²) in [7, 11) is 1.91. The Morgan fingerprint density at radius 3 is 2.56 bits per heavy atom. The minimum atomic E-state index is 0. The fourth-order valence-electron chi connectivity index (χ4n) is 1.35. The van der Waals surface area contributed by atoms with E-state index in [2.05, 4.69) is 17.2 Å². The number of anilines is 1. The SMILES string of the molecule is Cl.Cn1ncc(N)c1SCc1ccccc1. The zero-order valence-electron chi connectivity index (χ0n) is 8.96. The van der Waals surface area contributed by atoms with Crippen molar-refractivity contribution >= 4 is 29.9 Å². The maximum atomic E-state index is 5.80. The average molecular weight is 256 g/mol. The second kappa shape index (κ2) is 5.82. The third-order valence-corrected chi connectivity index (χ3v) is 3.38. The normalized spacial score (nSPS) is 9.81. The Morgan fingerprint density at radius 1 is 1.31 bits per heavy atom. The van der Waals surface area contributed by atoms with Gasteiger partial charge >= 0.3 is 0 Å². The van der Waals surface area contributed by atoms with Gasteiger partial charge in [0.15, 0.2) is 0 Å². The lowest BCUT2D eigenvalue weighted by Crippen LogP contribution is -1.94. The number of nitrogen functional groups attached to an aromatic ring is 1. The molecular formula is C11H14ClN3S. The third-order valence-electron chi connectivity index (χ3n) is 2.13. The van der Waals surface area contributed by atoms with Gasteiger partial charge in [-0.05, 0) is 5.56 Å². The van der Waals surface area contributed by atoms with Crippen LogP contribution in [0.25, 0.3) is 0 Å². The molecule has 0 radical (unpaired) electrons. The number of hydrogen-bond acceptors (Lipinski definition) is 3. The first-order valence-corrected chi connectivity index (χ1v) is 5.70. The molecule has 16 heavy (non-hydrogen) atoms. The molecular weight excluding hydrogens is 242 g/mol. The van der Waals surface area contributed by atoms with Crippen molar-refractivity contribution in [3.05, 3.63) is 42.1 Å². The van der Waals surface area contributed by atoms with Gasteiger partial charge in [-0.2, -0.15) is 5.10 Å². The second-order valence-corrected chi connectivity index (χ2v) is 4.27. The maximum Gasteiger partial charge on any atom is 0.117 e. The molecule has 2 rings (SSSR count). The van der Waals surface area contributed by atoms with Crippen molar-refractivity contribution < 1.29 is 0 Å². The summed E-state index contributed by atoms with van der Waals surface area (Å²) in [5.41, 5.74) is 7.84. The van der Waals surface area contributed by atoms with Crippen molar-refractivity contribution in [1.82, 2.24) is 9.78 Å². The number of nitrogens with zero attached hydrogens (tertiary/aromatic N) is 2. The summed E-state index contributed by atoms with van der Waals surface area (Å²) in [6, 6.07) is 10.3. The molecule has 0 bridgehead atoms. The number of nitrogens with two attached hydrogens (primary N) is 1. The average Bonchev–Trinajstić information content (AvgIpc) is 2.58. The summed E-state index contributed by atoms with van der Waals surface area (Å²) in [5, 5.41) is 5.13. The van der Waals surface area contributed by atoms with Crippen LogP contribution in [0.5, 0.6) is 0 Å². The zero-order chi connectivity index (χ0) is 10.7. The molecule has 0 amide bonds. The number of halogens is 1. The van der Waals surface area contributed by atoms with Gasteiger partial charge in [0.1, 0.15) is 5.03 Å². The van der Waals surface area contributed by atoms with E-state index in [4.69, 9.17) is 5.73 Å². The van der Waals surface area contributed by atoms with Gasteiger partial charge < -0.3 is 5.73 Å². The highest BCUT2D eigenvalue weighted by Gasteiger charge is 2.05. The first kappa shape index (κ1) is 12.9. The molecule has 1 aromatic heterocycles. The summed E-state index contributed by atoms with van der Waals surface area (Å²) < 4.78 is 1.81. The van der Waals surface area contributed by atoms with E-state index in [9.17, 15) is 0 Å². The molecule has 1 aromatic carbocycles. The Labute approximate surface area is 105 Å². The first-order chi connectivity index (χ1) is 7.27. The molecule has 0 aliphatic carbocycles. The van der Waals surface area contributed by atoms with E-state index in [1.807, 2.05) is 29.9 Å². The van der Waals surface area contributed by atoms with Crippen LogP contribution < -0.4 is 5.73 Å². The Balaban J connectivity index is 0.00000128. The van der Waals surface area contributed by atoms with E-state index in [1.165, 1.54) is 5.56 Å². The minimum absolute atomic E-state index is 0. The minimum Gasteiger partial charge on any atom is -0.395 e. The van der Waals surface area contributed by atoms with E-state index in [0.29, 0.717) is 0 Å². The molecule has 86 valence electrons. The summed E-state index contributed by atoms with van der Waals surface area (Å²) in [5.74, 6) is 0.921. The summed E-state index contributed by atoms with van der Waals surface area (Å²) in [6.07, 6.45) is 1.69. The Kier molecular flexibility index (Phi) is 4.71. The topological polar surface area (TPSA) is 43.8 Å². The van der Waals surface area contributed by atoms with Crippen molar-refractivity contribution in [2.45, 2.75) is 10.8 Å². The fourth-order valence-corrected chi connectivity index (χ4v) is 2.30. The molecule has 5 heteroatoms. The summed E-state index contributed by atoms with van der Waals surface area (Å²) in [6.45, 7) is 0. The quantitative estimate of drug-likeness (QED) is 0.858. The van der Waals surface area contributed by atoms with Crippen LogP contribution in [0, 0.1) is 0 Å². The standard InChI is InChI=1S/C11H13N3S.ClH/c1-14-11(10(12)7-13-14)15-8-9-5-3-2-4-6-9;/h2-7H,8,12H2,1H3;1H. The number of aromatic nitrogens is 2. The van der Waals surface area contributed by atoms with Crippen LogP contribution in [-0.4, -0.2) is 9.78 Å². The van der Waals surface area contributed by atoms with Gasteiger partial charge in [-0.3, -0.25) is 4.68 Å². The van der Waals surface area contributed by atoms with Gasteiger partial charge in [0.05, 0.1) is 11.9 Å². The molecule has 2 N–H and O–H groups in total. The fraction of sp³-hybridized carbons (Fsp3) is 0.182. The highest BCUT2D eigenvalue weighted by Crippen LogP contribution is 2.26. The number of benzene rings is 1. The molecule has 0 atom stereocenters. The van der Waals surface area contributed by atoms with Gasteiger partial charge in [0, 0.05) is 12.8 Å². The molecule has 1 heterocycles. The lowest BCUT2D eigenvalue weighted by Gasteiger charge is -2.03. The molecule has 2 aromatic rings. The smallest absolute Gasteiger partial charge is 0.117 e. The Morgan fingerprint density at radius 2 is 2.00 bits per heavy atom. The van der Waals surface area contributed by atoms with Crippen LogP contribution in [0.15, 0.2) is 41.6 Å². The Hall–Kier alpha value is -1.13. The van der Waals surface area contributed by atoms with E-state index >= 15 is 0 Å². The zero-order valence-corrected chi connectivity index (χ0v) is 10.6. The van der Waals surface area contributed by atoms with Gasteiger partial charge in [0.25, 0.3) is 0 Å². The lowest BCUT2D eigenvalue weighted by molar-refractivity contribution is 0.700. The van der Waals surface area contributed by atoms with Gasteiger partial charge in [0.2, 0.25) is 0 Å². The van der Waals surface area contributed by atoms with Crippen molar-refractivity contribution in [1.29, 1.82) is 0 Å². The van der Waals surface area contributed by atoms with Gasteiger partial charge in [-0.1, -0.05) is 42.1 Å². The van der Waals surface area contributed by atoms with E-state index in [1.54, 1.807) is 18.0 Å². The van der Waals surface area contributed by atoms with Gasteiger partial charge in [-0.15, -0.1) is 12.4 Å². The van der Waals surface area contributed by atoms with Crippen LogP contribution >= 0.6 is 24.2 Å². The van der Waals surface area contributed by atoms with Crippen LogP contribution in [-0.2, 0) is 12.8 Å². The van der Waals surface area contributed by atoms with Crippen LogP contribution in [0.3, 0.4) is 0 Å². The molecule has 0 fully saturated rings. The number of aryl methyl sites for hydroxylation is 1. The van der Waals surface area contributed by atoms with Crippen molar-refractivity contribution in [3.63, 3.8) is 0 Å². The number of hydrogen-bond donors (Lipinski definition) is 1. The predicted octanol–water partition coefficient (Wildman–Crippen LogP) is 2.72. The molecule has 0 spiro atoms. The molecule has 0 unspecified atom stereocenters. The number of thioether (sulfide) groups is 1. The summed E-state index contributed by atoms with van der Waals surface area (Å²) in [4.78, 5) is 0. The van der Waals surface area contributed by atoms with Crippen molar-refractivity contribution in [3.8, 4) is 0 Å². The van der Waals surface area contributed by atoms with Crippen LogP contribution in [0.4, 0.5) is 5.69 Å². The van der Waals surface area contributed by atoms with Crippen LogP contribution in [0.1, 0.15) is 5.56 Å². The molecule has 0 saturated carbocycles. The van der Waals surface area contributed by atoms with E-state index in [-0.39, 0.29) is 12.4 Å². The highest BCUT2D eigenvalue weighted by molar-refractivity contribution is 7.98. The van der Waals surface area contributed by atoms with E-state index < -0.39 is 0 Å². The molecule has 0 aliphatic heterocycles. The Bertz CT molecular complexity index is 422. The largest absolute Gasteiger partial charge is 0.395 e.